The Bertz CT molecular complexity index is 1690. The largest absolute Gasteiger partial charge is 0.394 e. The number of allylic oxidation sites excluding steroid dienone is 1. The van der Waals surface area contributed by atoms with E-state index in [4.69, 9.17) is 37.9 Å². The first-order valence-corrected chi connectivity index (χ1v) is 23.4. The SMILES string of the molecule is C[C@@H]1CO[C@]2(C[C@@H]1O)O[C@H]1C[C@@]3(O)[C@@H]4CC=C5C[C@@H](O[C@@H]6O[C@H](CO)[C@@H](O[C@@H]7O[C@@H](C)[C@H](O)[C@@H](O)[C@H]7O)[C@H](O)[C@H]6O[C@@H]6O[C@@H](C)[C@H](O)[C@@H](O)[C@H]6O)CC[C@]5(C)[C@H]4CC[C@]3(C)[C@H]1[C@@H]2C. The minimum atomic E-state index is -1.74. The summed E-state index contributed by atoms with van der Waals surface area (Å²) in [6.45, 7) is 11.4. The van der Waals surface area contributed by atoms with Crippen LogP contribution in [-0.2, 0) is 37.9 Å². The van der Waals surface area contributed by atoms with Gasteiger partial charge in [0, 0.05) is 36.0 Å². The molecule has 0 aromatic carbocycles. The molecule has 10 N–H and O–H groups in total. The zero-order valence-electron chi connectivity index (χ0n) is 37.2. The number of aliphatic hydroxyl groups excluding tert-OH is 9. The molecule has 27 atom stereocenters. The second-order valence-corrected chi connectivity index (χ2v) is 21.3. The van der Waals surface area contributed by atoms with Crippen LogP contribution in [0.5, 0.6) is 0 Å². The Labute approximate surface area is 368 Å². The van der Waals surface area contributed by atoms with E-state index in [2.05, 4.69) is 26.8 Å². The average molecular weight is 901 g/mol. The number of aliphatic hydroxyl groups is 10. The monoisotopic (exact) mass is 900 g/mol. The van der Waals surface area contributed by atoms with Crippen molar-refractivity contribution < 1.29 is 89.0 Å². The van der Waals surface area contributed by atoms with Crippen LogP contribution in [0.3, 0.4) is 0 Å². The number of hydrogen-bond donors (Lipinski definition) is 10. The summed E-state index contributed by atoms with van der Waals surface area (Å²) in [6.07, 6.45) is -15.6. The Morgan fingerprint density at radius 3 is 1.95 bits per heavy atom. The van der Waals surface area contributed by atoms with Gasteiger partial charge in [-0.2, -0.15) is 0 Å². The van der Waals surface area contributed by atoms with Crippen molar-refractivity contribution in [2.75, 3.05) is 13.2 Å². The predicted molar refractivity (Wildman–Crippen MR) is 216 cm³/mol. The van der Waals surface area contributed by atoms with Crippen molar-refractivity contribution >= 4 is 0 Å². The van der Waals surface area contributed by atoms with Gasteiger partial charge in [-0.1, -0.05) is 39.3 Å². The van der Waals surface area contributed by atoms with Gasteiger partial charge in [0.2, 0.25) is 0 Å². The maximum atomic E-state index is 13.0. The molecule has 0 radical (unpaired) electrons. The Morgan fingerprint density at radius 1 is 0.698 bits per heavy atom. The van der Waals surface area contributed by atoms with Crippen LogP contribution in [0.4, 0.5) is 0 Å². The van der Waals surface area contributed by atoms with E-state index in [0.717, 1.165) is 19.3 Å². The summed E-state index contributed by atoms with van der Waals surface area (Å²) in [5, 5.41) is 110. The van der Waals surface area contributed by atoms with Crippen molar-refractivity contribution in [2.45, 2.75) is 215 Å². The first-order valence-electron chi connectivity index (χ1n) is 23.4. The second-order valence-electron chi connectivity index (χ2n) is 21.3. The predicted octanol–water partition coefficient (Wildman–Crippen LogP) is -0.673. The van der Waals surface area contributed by atoms with Crippen molar-refractivity contribution in [3.8, 4) is 0 Å². The van der Waals surface area contributed by atoms with Crippen LogP contribution in [0.15, 0.2) is 11.6 Å². The van der Waals surface area contributed by atoms with Crippen LogP contribution in [0.25, 0.3) is 0 Å². The molecule has 18 heteroatoms. The number of hydrogen-bond acceptors (Lipinski definition) is 18. The smallest absolute Gasteiger partial charge is 0.187 e. The van der Waals surface area contributed by atoms with Crippen molar-refractivity contribution in [3.05, 3.63) is 11.6 Å². The molecular weight excluding hydrogens is 828 g/mol. The summed E-state index contributed by atoms with van der Waals surface area (Å²) in [5.41, 5.74) is -0.397. The molecule has 9 rings (SSSR count). The van der Waals surface area contributed by atoms with Crippen LogP contribution in [0.2, 0.25) is 0 Å². The van der Waals surface area contributed by atoms with Gasteiger partial charge in [0.25, 0.3) is 0 Å². The zero-order valence-corrected chi connectivity index (χ0v) is 37.2. The van der Waals surface area contributed by atoms with E-state index < -0.39 is 128 Å². The standard InChI is InChI=1S/C45H72O18/c1-18-17-56-45(14-26(18)47)19(2)29-27(63-45)15-44(55)25-8-7-22-13-23(9-11-42(22,5)24(25)10-12-43(29,44)6)59-41-38(62-40-35(53)33(51)31(49)21(4)58-40)36(54)37(28(16-46)60-41)61-39-34(52)32(50)30(48)20(3)57-39/h7,18-21,23-41,46-55H,8-17H2,1-6H3/t18-,19+,20+,21+,23+,24+,25-,26+,27+,28-,29+,30+,31+,32-,33-,34-,35-,36+,37-,38-,39+,40+,41-,42+,43-,44-,45-/m1/s1. The molecule has 4 aliphatic carbocycles. The summed E-state index contributed by atoms with van der Waals surface area (Å²) in [4.78, 5) is 0. The van der Waals surface area contributed by atoms with E-state index in [0.29, 0.717) is 38.7 Å². The normalized spacial score (nSPS) is 59.3. The van der Waals surface area contributed by atoms with Gasteiger partial charge in [-0.25, -0.2) is 0 Å². The number of ether oxygens (including phenoxy) is 8. The van der Waals surface area contributed by atoms with Crippen LogP contribution in [0.1, 0.15) is 92.9 Å². The lowest BCUT2D eigenvalue weighted by Gasteiger charge is -2.62. The fourth-order valence-electron chi connectivity index (χ4n) is 13.9. The van der Waals surface area contributed by atoms with Crippen molar-refractivity contribution in [1.29, 1.82) is 0 Å². The molecule has 63 heavy (non-hydrogen) atoms. The summed E-state index contributed by atoms with van der Waals surface area (Å²) >= 11 is 0. The molecule has 1 spiro atoms. The van der Waals surface area contributed by atoms with Crippen molar-refractivity contribution in [2.24, 2.45) is 40.4 Å². The summed E-state index contributed by atoms with van der Waals surface area (Å²) in [5.74, 6) is -0.515. The molecule has 8 fully saturated rings. The summed E-state index contributed by atoms with van der Waals surface area (Å²) in [7, 11) is 0. The maximum Gasteiger partial charge on any atom is 0.187 e. The Kier molecular flexibility index (Phi) is 12.6. The summed E-state index contributed by atoms with van der Waals surface area (Å²) in [6, 6.07) is 0. The van der Waals surface area contributed by atoms with Gasteiger partial charge in [-0.15, -0.1) is 0 Å². The quantitative estimate of drug-likeness (QED) is 0.142. The molecule has 360 valence electrons. The van der Waals surface area contributed by atoms with Gasteiger partial charge >= 0.3 is 0 Å². The van der Waals surface area contributed by atoms with Crippen molar-refractivity contribution in [1.82, 2.24) is 0 Å². The van der Waals surface area contributed by atoms with Gasteiger partial charge < -0.3 is 89.0 Å². The van der Waals surface area contributed by atoms with Crippen LogP contribution in [-0.4, -0.2) is 186 Å². The van der Waals surface area contributed by atoms with Gasteiger partial charge in [0.15, 0.2) is 24.7 Å². The molecule has 0 aromatic heterocycles. The highest BCUT2D eigenvalue weighted by molar-refractivity contribution is 5.30. The fourth-order valence-corrected chi connectivity index (χ4v) is 13.9. The van der Waals surface area contributed by atoms with E-state index in [-0.39, 0.29) is 41.1 Å². The lowest BCUT2D eigenvalue weighted by Crippen LogP contribution is -2.66. The first-order chi connectivity index (χ1) is 29.7. The van der Waals surface area contributed by atoms with Crippen molar-refractivity contribution in [3.63, 3.8) is 0 Å². The van der Waals surface area contributed by atoms with E-state index in [1.165, 1.54) is 19.4 Å². The molecule has 5 saturated heterocycles. The second kappa shape index (κ2) is 16.9. The first kappa shape index (κ1) is 47.1. The lowest BCUT2D eigenvalue weighted by molar-refractivity contribution is -0.388. The van der Waals surface area contributed by atoms with E-state index in [9.17, 15) is 51.1 Å². The highest BCUT2D eigenvalue weighted by Crippen LogP contribution is 2.72. The Hall–Kier alpha value is -0.980. The number of fused-ring (bicyclic) bond motifs is 7. The van der Waals surface area contributed by atoms with E-state index in [1.807, 2.05) is 6.92 Å². The molecule has 0 bridgehead atoms. The van der Waals surface area contributed by atoms with Gasteiger partial charge in [0.05, 0.1) is 49.3 Å². The van der Waals surface area contributed by atoms with Crippen LogP contribution in [0, 0.1) is 40.4 Å². The molecule has 0 unspecified atom stereocenters. The van der Waals surface area contributed by atoms with Gasteiger partial charge in [-0.05, 0) is 69.6 Å². The van der Waals surface area contributed by atoms with E-state index in [1.54, 1.807) is 0 Å². The molecule has 5 heterocycles. The summed E-state index contributed by atoms with van der Waals surface area (Å²) < 4.78 is 49.7. The highest BCUT2D eigenvalue weighted by atomic mass is 16.8. The van der Waals surface area contributed by atoms with Gasteiger partial charge in [0.1, 0.15) is 61.0 Å². The van der Waals surface area contributed by atoms with Gasteiger partial charge in [-0.3, -0.25) is 0 Å². The molecule has 3 saturated carbocycles. The fraction of sp³-hybridized carbons (Fsp3) is 0.956. The minimum absolute atomic E-state index is 0.00417. The molecule has 9 aliphatic rings. The molecular formula is C45H72O18. The zero-order chi connectivity index (χ0) is 45.3. The number of rotatable bonds is 7. The van der Waals surface area contributed by atoms with Crippen LogP contribution >= 0.6 is 0 Å². The third-order valence-corrected chi connectivity index (χ3v) is 18.0. The average Bonchev–Trinajstić information content (AvgIpc) is 3.64. The third kappa shape index (κ3) is 7.35. The molecule has 0 aromatic rings. The third-order valence-electron chi connectivity index (χ3n) is 18.0. The molecule has 5 aliphatic heterocycles. The van der Waals surface area contributed by atoms with Crippen LogP contribution < -0.4 is 0 Å². The lowest BCUT2D eigenvalue weighted by atomic mass is 9.45. The maximum absolute atomic E-state index is 13.0. The minimum Gasteiger partial charge on any atom is -0.394 e. The molecule has 0 amide bonds. The topological polar surface area (TPSA) is 276 Å². The Balaban J connectivity index is 0.928. The highest BCUT2D eigenvalue weighted by Gasteiger charge is 2.75. The van der Waals surface area contributed by atoms with E-state index >= 15 is 0 Å². The molecule has 18 nitrogen and oxygen atoms in total. The Morgan fingerprint density at radius 2 is 1.33 bits per heavy atom.